The Morgan fingerprint density at radius 2 is 2.00 bits per heavy atom. The molecule has 0 atom stereocenters. The third kappa shape index (κ3) is 7.09. The molecule has 0 fully saturated rings. The minimum atomic E-state index is -1.83. The van der Waals surface area contributed by atoms with Gasteiger partial charge in [0, 0.05) is 6.42 Å². The van der Waals surface area contributed by atoms with E-state index in [1.54, 1.807) is 6.08 Å². The van der Waals surface area contributed by atoms with Crippen LogP contribution >= 0.6 is 0 Å². The van der Waals surface area contributed by atoms with E-state index in [0.29, 0.717) is 6.42 Å². The molecule has 0 amide bonds. The first-order valence-electron chi connectivity index (χ1n) is 4.38. The van der Waals surface area contributed by atoms with Gasteiger partial charge in [0.1, 0.15) is 0 Å². The lowest BCUT2D eigenvalue weighted by Gasteiger charge is -2.02. The Morgan fingerprint density at radius 3 is 2.36 bits per heavy atom. The first-order valence-corrected chi connectivity index (χ1v) is 4.38. The molecule has 0 aromatic rings. The fourth-order valence-corrected chi connectivity index (χ4v) is 1.04. The van der Waals surface area contributed by atoms with Crippen LogP contribution in [0.2, 0.25) is 0 Å². The van der Waals surface area contributed by atoms with Gasteiger partial charge in [-0.25, -0.2) is 4.79 Å². The predicted octanol–water partition coefficient (Wildman–Crippen LogP) is 2.46. The predicted molar refractivity (Wildman–Crippen MR) is 52.4 cm³/mol. The summed E-state index contributed by atoms with van der Waals surface area (Å²) in [6.07, 6.45) is 6.64. The number of ketones is 1. The van der Waals surface area contributed by atoms with Gasteiger partial charge in [0.15, 0.2) is 5.78 Å². The van der Waals surface area contributed by atoms with E-state index >= 15 is 0 Å². The van der Waals surface area contributed by atoms with Crippen LogP contribution in [-0.4, -0.2) is 22.2 Å². The zero-order valence-electron chi connectivity index (χ0n) is 8.06. The molecule has 2 N–H and O–H groups in total. The maximum atomic E-state index is 10.7. The van der Waals surface area contributed by atoms with E-state index in [2.05, 4.69) is 6.92 Å². The van der Waals surface area contributed by atoms with Gasteiger partial charge in [0.25, 0.3) is 0 Å². The van der Waals surface area contributed by atoms with Gasteiger partial charge in [-0.2, -0.15) is 0 Å². The third-order valence-corrected chi connectivity index (χ3v) is 1.59. The number of carboxylic acid groups (broad SMARTS) is 2. The molecule has 0 unspecified atom stereocenters. The maximum absolute atomic E-state index is 10.7. The number of hydrogen-bond acceptors (Lipinski definition) is 2. The molecule has 0 spiro atoms. The van der Waals surface area contributed by atoms with Gasteiger partial charge in [-0.15, -0.1) is 0 Å². The van der Waals surface area contributed by atoms with Crippen LogP contribution < -0.4 is 0 Å². The number of hydrogen-bond donors (Lipinski definition) is 2. The van der Waals surface area contributed by atoms with Crippen molar-refractivity contribution in [2.24, 2.45) is 0 Å². The lowest BCUT2D eigenvalue weighted by Crippen LogP contribution is -1.95. The average Bonchev–Trinajstić information content (AvgIpc) is 2.08. The second-order valence-corrected chi connectivity index (χ2v) is 2.82. The molecule has 1 rings (SSSR count). The van der Waals surface area contributed by atoms with Gasteiger partial charge in [-0.1, -0.05) is 31.1 Å². The molecular weight excluding hydrogens is 184 g/mol. The van der Waals surface area contributed by atoms with Gasteiger partial charge in [-0.05, 0) is 12.5 Å². The number of allylic oxidation sites excluding steroid dienone is 4. The minimum Gasteiger partial charge on any atom is -0.450 e. The molecule has 1 aliphatic carbocycles. The van der Waals surface area contributed by atoms with E-state index in [1.165, 1.54) is 5.57 Å². The summed E-state index contributed by atoms with van der Waals surface area (Å²) < 4.78 is 0. The third-order valence-electron chi connectivity index (χ3n) is 1.59. The fourth-order valence-electron chi connectivity index (χ4n) is 1.04. The van der Waals surface area contributed by atoms with Crippen LogP contribution in [0.5, 0.6) is 0 Å². The van der Waals surface area contributed by atoms with Crippen LogP contribution in [0.15, 0.2) is 23.8 Å². The van der Waals surface area contributed by atoms with Crippen LogP contribution in [-0.2, 0) is 4.79 Å². The Bertz CT molecular complexity index is 259. The van der Waals surface area contributed by atoms with Gasteiger partial charge in [-0.3, -0.25) is 4.79 Å². The highest BCUT2D eigenvalue weighted by atomic mass is 16.6. The van der Waals surface area contributed by atoms with Gasteiger partial charge >= 0.3 is 6.16 Å². The summed E-state index contributed by atoms with van der Waals surface area (Å²) >= 11 is 0. The minimum absolute atomic E-state index is 0.222. The van der Waals surface area contributed by atoms with Crippen molar-refractivity contribution in [3.8, 4) is 0 Å². The van der Waals surface area contributed by atoms with Crippen LogP contribution in [0.4, 0.5) is 4.79 Å². The molecule has 0 radical (unpaired) electrons. The molecule has 14 heavy (non-hydrogen) atoms. The van der Waals surface area contributed by atoms with Crippen molar-refractivity contribution < 1.29 is 19.8 Å². The lowest BCUT2D eigenvalue weighted by atomic mass is 10.0. The highest BCUT2D eigenvalue weighted by molar-refractivity contribution is 5.92. The molecule has 78 valence electrons. The quantitative estimate of drug-likeness (QED) is 0.714. The van der Waals surface area contributed by atoms with Crippen LogP contribution in [0.3, 0.4) is 0 Å². The van der Waals surface area contributed by atoms with E-state index in [-0.39, 0.29) is 5.78 Å². The largest absolute Gasteiger partial charge is 0.503 e. The standard InChI is InChI=1S/C9H12O.CH2O3/c1-2-3-8-4-6-9(10)7-5-8;2-1(3)4/h4-6H,2-3,7H2,1H3;(H2,2,3,4). The Hall–Kier alpha value is -1.58. The average molecular weight is 198 g/mol. The second kappa shape index (κ2) is 6.88. The summed E-state index contributed by atoms with van der Waals surface area (Å²) in [6, 6.07) is 0. The Labute approximate surface area is 82.6 Å². The van der Waals surface area contributed by atoms with Crippen LogP contribution in [0.1, 0.15) is 26.2 Å². The molecule has 4 nitrogen and oxygen atoms in total. The van der Waals surface area contributed by atoms with E-state index < -0.39 is 6.16 Å². The first kappa shape index (κ1) is 12.4. The molecule has 0 heterocycles. The normalized spacial score (nSPS) is 14.1. The summed E-state index contributed by atoms with van der Waals surface area (Å²) in [4.78, 5) is 19.2. The first-order chi connectivity index (χ1) is 6.56. The van der Waals surface area contributed by atoms with E-state index in [1.807, 2.05) is 12.2 Å². The fraction of sp³-hybridized carbons (Fsp3) is 0.400. The Kier molecular flexibility index (Phi) is 6.11. The Balaban J connectivity index is 0.000000364. The van der Waals surface area contributed by atoms with Crippen molar-refractivity contribution in [1.29, 1.82) is 0 Å². The monoisotopic (exact) mass is 198 g/mol. The zero-order valence-corrected chi connectivity index (χ0v) is 8.06. The number of carbonyl (C=O) groups is 2. The number of carbonyl (C=O) groups excluding carboxylic acids is 1. The van der Waals surface area contributed by atoms with Gasteiger partial charge < -0.3 is 10.2 Å². The van der Waals surface area contributed by atoms with Crippen molar-refractivity contribution in [3.05, 3.63) is 23.8 Å². The molecule has 0 aromatic carbocycles. The lowest BCUT2D eigenvalue weighted by molar-refractivity contribution is -0.113. The van der Waals surface area contributed by atoms with Crippen LogP contribution in [0.25, 0.3) is 0 Å². The van der Waals surface area contributed by atoms with E-state index in [0.717, 1.165) is 12.8 Å². The van der Waals surface area contributed by atoms with Crippen molar-refractivity contribution in [1.82, 2.24) is 0 Å². The van der Waals surface area contributed by atoms with Crippen molar-refractivity contribution >= 4 is 11.9 Å². The molecule has 0 saturated carbocycles. The van der Waals surface area contributed by atoms with E-state index in [9.17, 15) is 4.79 Å². The molecule has 0 aliphatic heterocycles. The second-order valence-electron chi connectivity index (χ2n) is 2.82. The Morgan fingerprint density at radius 1 is 1.43 bits per heavy atom. The zero-order chi connectivity index (χ0) is 11.0. The number of rotatable bonds is 2. The highest BCUT2D eigenvalue weighted by Gasteiger charge is 2.01. The van der Waals surface area contributed by atoms with Gasteiger partial charge in [0.2, 0.25) is 0 Å². The maximum Gasteiger partial charge on any atom is 0.503 e. The summed E-state index contributed by atoms with van der Waals surface area (Å²) in [5.41, 5.74) is 1.31. The molecule has 0 aromatic heterocycles. The molecule has 0 bridgehead atoms. The summed E-state index contributed by atoms with van der Waals surface area (Å²) in [6.45, 7) is 2.14. The SMILES string of the molecule is CCCC1=CCC(=O)C=C1.O=C(O)O. The summed E-state index contributed by atoms with van der Waals surface area (Å²) in [7, 11) is 0. The van der Waals surface area contributed by atoms with Crippen molar-refractivity contribution in [3.63, 3.8) is 0 Å². The summed E-state index contributed by atoms with van der Waals surface area (Å²) in [5.74, 6) is 0.222. The van der Waals surface area contributed by atoms with Crippen molar-refractivity contribution in [2.75, 3.05) is 0 Å². The molecule has 0 saturated heterocycles. The van der Waals surface area contributed by atoms with Crippen LogP contribution in [0, 0.1) is 0 Å². The highest BCUT2D eigenvalue weighted by Crippen LogP contribution is 2.12. The molecule has 4 heteroatoms. The van der Waals surface area contributed by atoms with Gasteiger partial charge in [0.05, 0.1) is 0 Å². The molecular formula is C10H14O4. The molecule has 1 aliphatic rings. The topological polar surface area (TPSA) is 74.6 Å². The van der Waals surface area contributed by atoms with E-state index in [4.69, 9.17) is 15.0 Å². The van der Waals surface area contributed by atoms with Crippen molar-refractivity contribution in [2.45, 2.75) is 26.2 Å². The smallest absolute Gasteiger partial charge is 0.450 e. The summed E-state index contributed by atoms with van der Waals surface area (Å²) in [5, 5.41) is 13.9.